The lowest BCUT2D eigenvalue weighted by Crippen LogP contribution is -2.35. The predicted octanol–water partition coefficient (Wildman–Crippen LogP) is 2.91. The first kappa shape index (κ1) is 17.1. The molecule has 0 radical (unpaired) electrons. The van der Waals surface area contributed by atoms with Gasteiger partial charge < -0.3 is 10.0 Å². The van der Waals surface area contributed by atoms with Crippen molar-refractivity contribution in [1.29, 1.82) is 0 Å². The fourth-order valence-electron chi connectivity index (χ4n) is 2.14. The largest absolute Gasteiger partial charge is 0.505 e. The van der Waals surface area contributed by atoms with E-state index in [0.29, 0.717) is 10.7 Å². The van der Waals surface area contributed by atoms with Crippen LogP contribution in [0.15, 0.2) is 46.7 Å². The minimum absolute atomic E-state index is 0.0428. The number of aliphatic hydroxyl groups excluding tert-OH is 1. The van der Waals surface area contributed by atoms with Crippen molar-refractivity contribution in [1.82, 2.24) is 10.2 Å². The minimum atomic E-state index is -0.380. The summed E-state index contributed by atoms with van der Waals surface area (Å²) in [6.45, 7) is 3.88. The van der Waals surface area contributed by atoms with Crippen LogP contribution in [0, 0.1) is 6.92 Å². The Morgan fingerprint density at radius 1 is 1.30 bits per heavy atom. The van der Waals surface area contributed by atoms with Gasteiger partial charge in [-0.25, -0.2) is 4.99 Å². The van der Waals surface area contributed by atoms with E-state index in [2.05, 4.69) is 10.3 Å². The van der Waals surface area contributed by atoms with Gasteiger partial charge in [0.15, 0.2) is 10.9 Å². The molecule has 0 saturated carbocycles. The third-order valence-electron chi connectivity index (χ3n) is 3.35. The van der Waals surface area contributed by atoms with E-state index >= 15 is 0 Å². The van der Waals surface area contributed by atoms with Crippen molar-refractivity contribution in [2.45, 2.75) is 13.8 Å². The summed E-state index contributed by atoms with van der Waals surface area (Å²) < 4.78 is 0. The number of benzene rings is 1. The maximum atomic E-state index is 12.6. The van der Waals surface area contributed by atoms with Crippen LogP contribution < -0.4 is 5.32 Å². The summed E-state index contributed by atoms with van der Waals surface area (Å²) in [6, 6.07) is 7.41. The number of hydrogen-bond donors (Lipinski definition) is 2. The molecular formula is C17H21N3O2S. The molecule has 6 heteroatoms. The summed E-state index contributed by atoms with van der Waals surface area (Å²) >= 11 is 1.47. The fourth-order valence-corrected chi connectivity index (χ4v) is 2.87. The molecule has 5 nitrogen and oxygen atoms in total. The molecular weight excluding hydrogens is 310 g/mol. The van der Waals surface area contributed by atoms with E-state index in [1.54, 1.807) is 31.3 Å². The highest BCUT2D eigenvalue weighted by Gasteiger charge is 2.21. The molecule has 0 aromatic heterocycles. The number of rotatable bonds is 3. The second-order valence-electron chi connectivity index (χ2n) is 5.56. The van der Waals surface area contributed by atoms with Gasteiger partial charge in [-0.3, -0.25) is 10.1 Å². The van der Waals surface area contributed by atoms with Crippen molar-refractivity contribution in [3.05, 3.63) is 52.9 Å². The SMILES string of the molecule is CC1=CN=C(NC(=O)/C(=C(\O)c2ccccc2C)N(C)C)SC1. The maximum Gasteiger partial charge on any atom is 0.277 e. The molecule has 2 rings (SSSR count). The van der Waals surface area contributed by atoms with Crippen LogP contribution in [-0.4, -0.2) is 40.9 Å². The number of thioether (sulfide) groups is 1. The lowest BCUT2D eigenvalue weighted by molar-refractivity contribution is -0.117. The number of aliphatic imine (C=N–C) groups is 1. The number of likely N-dealkylation sites (N-methyl/N-ethyl adjacent to an activating group) is 1. The Kier molecular flexibility index (Phi) is 5.50. The summed E-state index contributed by atoms with van der Waals surface area (Å²) in [7, 11) is 3.45. The van der Waals surface area contributed by atoms with Gasteiger partial charge in [-0.05, 0) is 25.0 Å². The van der Waals surface area contributed by atoms with Gasteiger partial charge in [0.1, 0.15) is 5.70 Å². The molecule has 1 aliphatic heterocycles. The topological polar surface area (TPSA) is 64.9 Å². The van der Waals surface area contributed by atoms with Gasteiger partial charge in [0.05, 0.1) is 0 Å². The quantitative estimate of drug-likeness (QED) is 0.660. The van der Waals surface area contributed by atoms with Gasteiger partial charge >= 0.3 is 0 Å². The van der Waals surface area contributed by atoms with Crippen molar-refractivity contribution in [3.8, 4) is 0 Å². The Bertz CT molecular complexity index is 706. The van der Waals surface area contributed by atoms with Crippen molar-refractivity contribution < 1.29 is 9.90 Å². The van der Waals surface area contributed by atoms with Crippen LogP contribution in [0.3, 0.4) is 0 Å². The molecule has 1 aromatic rings. The number of aliphatic hydroxyl groups is 1. The molecule has 0 saturated heterocycles. The number of carbonyl (C=O) groups is 1. The summed E-state index contributed by atoms with van der Waals surface area (Å²) in [6.07, 6.45) is 1.74. The molecule has 0 fully saturated rings. The van der Waals surface area contributed by atoms with Crippen LogP contribution in [0.4, 0.5) is 0 Å². The lowest BCUT2D eigenvalue weighted by atomic mass is 10.1. The van der Waals surface area contributed by atoms with Crippen molar-refractivity contribution in [2.24, 2.45) is 4.99 Å². The number of carbonyl (C=O) groups excluding carboxylic acids is 1. The van der Waals surface area contributed by atoms with Gasteiger partial charge in [-0.1, -0.05) is 36.0 Å². The number of aryl methyl sites for hydroxylation is 1. The monoisotopic (exact) mass is 331 g/mol. The highest BCUT2D eigenvalue weighted by molar-refractivity contribution is 8.14. The fraction of sp³-hybridized carbons (Fsp3) is 0.294. The zero-order chi connectivity index (χ0) is 17.0. The summed E-state index contributed by atoms with van der Waals surface area (Å²) in [5, 5.41) is 13.9. The molecule has 1 aromatic carbocycles. The molecule has 0 spiro atoms. The third-order valence-corrected chi connectivity index (χ3v) is 4.43. The van der Waals surface area contributed by atoms with Crippen LogP contribution in [0.5, 0.6) is 0 Å². The highest BCUT2D eigenvalue weighted by Crippen LogP contribution is 2.22. The van der Waals surface area contributed by atoms with Crippen LogP contribution in [0.2, 0.25) is 0 Å². The zero-order valence-corrected chi connectivity index (χ0v) is 14.6. The normalized spacial score (nSPS) is 15.3. The minimum Gasteiger partial charge on any atom is -0.505 e. The first-order valence-corrected chi connectivity index (χ1v) is 8.23. The van der Waals surface area contributed by atoms with Crippen molar-refractivity contribution in [2.75, 3.05) is 19.8 Å². The molecule has 1 amide bonds. The number of nitrogens with zero attached hydrogens (tertiary/aromatic N) is 2. The smallest absolute Gasteiger partial charge is 0.277 e. The van der Waals surface area contributed by atoms with E-state index < -0.39 is 0 Å². The molecule has 0 atom stereocenters. The van der Waals surface area contributed by atoms with Gasteiger partial charge in [-0.15, -0.1) is 0 Å². The molecule has 23 heavy (non-hydrogen) atoms. The molecule has 0 bridgehead atoms. The predicted molar refractivity (Wildman–Crippen MR) is 96.2 cm³/mol. The van der Waals surface area contributed by atoms with E-state index in [1.165, 1.54) is 11.8 Å². The molecule has 2 N–H and O–H groups in total. The lowest BCUT2D eigenvalue weighted by Gasteiger charge is -2.20. The molecule has 0 unspecified atom stereocenters. The average molecular weight is 331 g/mol. The number of amidine groups is 1. The summed E-state index contributed by atoms with van der Waals surface area (Å²) in [4.78, 5) is 18.4. The second-order valence-corrected chi connectivity index (χ2v) is 6.52. The summed E-state index contributed by atoms with van der Waals surface area (Å²) in [5.74, 6) is 0.373. The van der Waals surface area contributed by atoms with Gasteiger partial charge in [-0.2, -0.15) is 0 Å². The van der Waals surface area contributed by atoms with E-state index in [4.69, 9.17) is 0 Å². The Hall–Kier alpha value is -2.21. The third kappa shape index (κ3) is 4.16. The maximum absolute atomic E-state index is 12.6. The second kappa shape index (κ2) is 7.37. The van der Waals surface area contributed by atoms with Crippen LogP contribution in [0.1, 0.15) is 18.1 Å². The van der Waals surface area contributed by atoms with Gasteiger partial charge in [0.25, 0.3) is 5.91 Å². The van der Waals surface area contributed by atoms with Crippen LogP contribution >= 0.6 is 11.8 Å². The van der Waals surface area contributed by atoms with E-state index in [9.17, 15) is 9.90 Å². The molecule has 1 aliphatic rings. The Labute approximate surface area is 140 Å². The molecule has 0 aliphatic carbocycles. The van der Waals surface area contributed by atoms with Crippen molar-refractivity contribution >= 4 is 28.6 Å². The summed E-state index contributed by atoms with van der Waals surface area (Å²) in [5.41, 5.74) is 2.90. The van der Waals surface area contributed by atoms with Crippen LogP contribution in [-0.2, 0) is 4.79 Å². The Morgan fingerprint density at radius 3 is 2.57 bits per heavy atom. The van der Waals surface area contributed by atoms with Crippen molar-refractivity contribution in [3.63, 3.8) is 0 Å². The van der Waals surface area contributed by atoms with E-state index in [0.717, 1.165) is 16.9 Å². The first-order chi connectivity index (χ1) is 10.9. The van der Waals surface area contributed by atoms with Gasteiger partial charge in [0.2, 0.25) is 0 Å². The zero-order valence-electron chi connectivity index (χ0n) is 13.8. The highest BCUT2D eigenvalue weighted by atomic mass is 32.2. The number of nitrogens with one attached hydrogen (secondary N) is 1. The average Bonchev–Trinajstić information content (AvgIpc) is 2.49. The number of hydrogen-bond acceptors (Lipinski definition) is 5. The van der Waals surface area contributed by atoms with E-state index in [1.807, 2.05) is 32.0 Å². The first-order valence-electron chi connectivity index (χ1n) is 7.24. The molecule has 1 heterocycles. The van der Waals surface area contributed by atoms with Crippen LogP contribution in [0.25, 0.3) is 5.76 Å². The standard InChI is InChI=1S/C17H21N3O2S/c1-11-9-18-17(23-10-11)19-16(22)14(20(3)4)15(21)13-8-6-5-7-12(13)2/h5-9,21H,10H2,1-4H3,(H,18,19,22)/b15-14+. The van der Waals surface area contributed by atoms with Gasteiger partial charge in [0, 0.05) is 31.6 Å². The Morgan fingerprint density at radius 2 is 2.00 bits per heavy atom. The molecule has 122 valence electrons. The van der Waals surface area contributed by atoms with E-state index in [-0.39, 0.29) is 17.4 Å². The Balaban J connectivity index is 2.33. The number of amides is 1.